The Morgan fingerprint density at radius 2 is 1.88 bits per heavy atom. The normalized spacial score (nSPS) is 19.8. The van der Waals surface area contributed by atoms with Crippen LogP contribution >= 0.6 is 11.8 Å². The fourth-order valence-electron chi connectivity index (χ4n) is 3.75. The van der Waals surface area contributed by atoms with Gasteiger partial charge in [-0.3, -0.25) is 9.47 Å². The molecule has 0 spiro atoms. The second kappa shape index (κ2) is 7.15. The number of aromatic nitrogens is 3. The number of thioether (sulfide) groups is 1. The van der Waals surface area contributed by atoms with Crippen molar-refractivity contribution in [1.29, 1.82) is 0 Å². The van der Waals surface area contributed by atoms with Crippen LogP contribution in [0, 0.1) is 0 Å². The number of nitrogens with zero attached hydrogens (tertiary/aromatic N) is 4. The number of hydrogen-bond acceptors (Lipinski definition) is 4. The zero-order chi connectivity index (χ0) is 16.4. The minimum Gasteiger partial charge on any atom is -0.298 e. The quantitative estimate of drug-likeness (QED) is 0.852. The minimum atomic E-state index is 0.0369. The maximum Gasteiger partial charge on any atom is 0.346 e. The van der Waals surface area contributed by atoms with Crippen LogP contribution in [-0.4, -0.2) is 49.9 Å². The molecule has 0 saturated carbocycles. The molecule has 2 aliphatic heterocycles. The van der Waals surface area contributed by atoms with E-state index >= 15 is 0 Å². The molecular weight excluding hydrogens is 320 g/mol. The molecule has 6 heteroatoms. The van der Waals surface area contributed by atoms with Gasteiger partial charge in [-0.1, -0.05) is 30.3 Å². The Kier molecular flexibility index (Phi) is 4.76. The van der Waals surface area contributed by atoms with Crippen molar-refractivity contribution in [2.75, 3.05) is 24.6 Å². The van der Waals surface area contributed by atoms with E-state index in [0.29, 0.717) is 12.6 Å². The monoisotopic (exact) mass is 344 g/mol. The van der Waals surface area contributed by atoms with Gasteiger partial charge in [0.05, 0.1) is 6.54 Å². The highest BCUT2D eigenvalue weighted by Crippen LogP contribution is 2.22. The van der Waals surface area contributed by atoms with E-state index in [-0.39, 0.29) is 5.69 Å². The molecule has 0 radical (unpaired) electrons. The second-order valence-electron chi connectivity index (χ2n) is 6.62. The Labute approximate surface area is 146 Å². The molecule has 2 aromatic rings. The molecule has 2 aliphatic rings. The highest BCUT2D eigenvalue weighted by Gasteiger charge is 2.25. The lowest BCUT2D eigenvalue weighted by molar-refractivity contribution is 0.188. The van der Waals surface area contributed by atoms with E-state index in [0.717, 1.165) is 37.4 Å². The van der Waals surface area contributed by atoms with Gasteiger partial charge in [0.25, 0.3) is 0 Å². The Hall–Kier alpha value is -1.53. The zero-order valence-electron chi connectivity index (χ0n) is 13.9. The van der Waals surface area contributed by atoms with Crippen LogP contribution in [0.3, 0.4) is 0 Å². The number of fused-ring (bicyclic) bond motifs is 1. The Balaban J connectivity index is 1.48. The van der Waals surface area contributed by atoms with E-state index in [4.69, 9.17) is 0 Å². The summed E-state index contributed by atoms with van der Waals surface area (Å²) in [5.74, 6) is 3.49. The molecule has 0 unspecified atom stereocenters. The van der Waals surface area contributed by atoms with Crippen LogP contribution in [0.4, 0.5) is 0 Å². The Morgan fingerprint density at radius 3 is 2.67 bits per heavy atom. The third kappa shape index (κ3) is 3.30. The first-order valence-corrected chi connectivity index (χ1v) is 9.99. The lowest BCUT2D eigenvalue weighted by atomic mass is 10.1. The first kappa shape index (κ1) is 16.0. The van der Waals surface area contributed by atoms with E-state index in [1.807, 2.05) is 34.9 Å². The number of rotatable bonds is 3. The van der Waals surface area contributed by atoms with E-state index in [2.05, 4.69) is 21.8 Å². The summed E-state index contributed by atoms with van der Waals surface area (Å²) < 4.78 is 3.51. The largest absolute Gasteiger partial charge is 0.346 e. The minimum absolute atomic E-state index is 0.0369. The summed E-state index contributed by atoms with van der Waals surface area (Å²) in [7, 11) is 0. The summed E-state index contributed by atoms with van der Waals surface area (Å²) in [6, 6.07) is 10.8. The molecule has 3 heterocycles. The van der Waals surface area contributed by atoms with Gasteiger partial charge in [0.15, 0.2) is 0 Å². The maximum absolute atomic E-state index is 12.7. The van der Waals surface area contributed by atoms with E-state index < -0.39 is 0 Å². The highest BCUT2D eigenvalue weighted by molar-refractivity contribution is 7.99. The van der Waals surface area contributed by atoms with Crippen LogP contribution in [0.25, 0.3) is 0 Å². The van der Waals surface area contributed by atoms with Gasteiger partial charge in [-0.2, -0.15) is 16.9 Å². The Morgan fingerprint density at radius 1 is 1.08 bits per heavy atom. The lowest BCUT2D eigenvalue weighted by Crippen LogP contribution is -2.40. The summed E-state index contributed by atoms with van der Waals surface area (Å²) in [6.45, 7) is 3.33. The first-order chi connectivity index (χ1) is 11.8. The van der Waals surface area contributed by atoms with Crippen LogP contribution < -0.4 is 5.69 Å². The summed E-state index contributed by atoms with van der Waals surface area (Å²) >= 11 is 2.06. The molecule has 128 valence electrons. The molecule has 0 aliphatic carbocycles. The summed E-state index contributed by atoms with van der Waals surface area (Å²) in [6.07, 6.45) is 3.44. The average Bonchev–Trinajstić information content (AvgIpc) is 2.80. The molecule has 0 bridgehead atoms. The van der Waals surface area contributed by atoms with Crippen molar-refractivity contribution in [3.8, 4) is 0 Å². The molecule has 5 nitrogen and oxygen atoms in total. The number of hydrogen-bond donors (Lipinski definition) is 0. The van der Waals surface area contributed by atoms with Crippen LogP contribution in [0.15, 0.2) is 35.1 Å². The van der Waals surface area contributed by atoms with Crippen molar-refractivity contribution in [3.05, 3.63) is 52.2 Å². The summed E-state index contributed by atoms with van der Waals surface area (Å²) in [4.78, 5) is 15.3. The van der Waals surface area contributed by atoms with Crippen LogP contribution in [0.5, 0.6) is 0 Å². The first-order valence-electron chi connectivity index (χ1n) is 8.83. The van der Waals surface area contributed by atoms with Crippen molar-refractivity contribution in [3.63, 3.8) is 0 Å². The van der Waals surface area contributed by atoms with Gasteiger partial charge in [-0.05, 0) is 29.9 Å². The van der Waals surface area contributed by atoms with Gasteiger partial charge in [0.1, 0.15) is 5.82 Å². The molecule has 1 aromatic carbocycles. The smallest absolute Gasteiger partial charge is 0.298 e. The van der Waals surface area contributed by atoms with Crippen molar-refractivity contribution in [2.24, 2.45) is 0 Å². The van der Waals surface area contributed by atoms with Crippen molar-refractivity contribution < 1.29 is 0 Å². The molecule has 1 aromatic heterocycles. The topological polar surface area (TPSA) is 43.1 Å². The highest BCUT2D eigenvalue weighted by atomic mass is 32.2. The molecule has 24 heavy (non-hydrogen) atoms. The van der Waals surface area contributed by atoms with Gasteiger partial charge >= 0.3 is 5.69 Å². The van der Waals surface area contributed by atoms with Gasteiger partial charge in [-0.25, -0.2) is 9.48 Å². The van der Waals surface area contributed by atoms with Crippen LogP contribution in [0.2, 0.25) is 0 Å². The van der Waals surface area contributed by atoms with Gasteiger partial charge in [0, 0.05) is 32.1 Å². The molecule has 4 rings (SSSR count). The molecule has 0 amide bonds. The van der Waals surface area contributed by atoms with Crippen LogP contribution in [-0.2, 0) is 19.5 Å². The van der Waals surface area contributed by atoms with Crippen molar-refractivity contribution in [2.45, 2.75) is 38.4 Å². The fourth-order valence-corrected chi connectivity index (χ4v) is 4.84. The SMILES string of the molecule is O=c1n(Cc2ccccc2)nc2n1CCN(C1CCSCC1)CC2. The molecule has 0 N–H and O–H groups in total. The lowest BCUT2D eigenvalue weighted by Gasteiger charge is -2.32. The zero-order valence-corrected chi connectivity index (χ0v) is 14.7. The predicted molar refractivity (Wildman–Crippen MR) is 97.7 cm³/mol. The van der Waals surface area contributed by atoms with Crippen LogP contribution in [0.1, 0.15) is 24.2 Å². The van der Waals surface area contributed by atoms with Gasteiger partial charge in [0.2, 0.25) is 0 Å². The van der Waals surface area contributed by atoms with E-state index in [1.165, 1.54) is 24.3 Å². The fraction of sp³-hybridized carbons (Fsp3) is 0.556. The third-order valence-electron chi connectivity index (χ3n) is 5.12. The molecular formula is C18H24N4OS. The maximum atomic E-state index is 12.7. The summed E-state index contributed by atoms with van der Waals surface area (Å²) in [5, 5.41) is 4.62. The molecule has 1 fully saturated rings. The van der Waals surface area contributed by atoms with Gasteiger partial charge < -0.3 is 0 Å². The second-order valence-corrected chi connectivity index (χ2v) is 7.85. The van der Waals surface area contributed by atoms with Gasteiger partial charge in [-0.15, -0.1) is 0 Å². The standard InChI is InChI=1S/C18H24N4OS/c23-18-21-11-10-20(16-7-12-24-13-8-16)9-6-17(21)19-22(18)14-15-4-2-1-3-5-15/h1-5,16H,6-14H2. The Bertz CT molecular complexity index is 733. The average molecular weight is 344 g/mol. The third-order valence-corrected chi connectivity index (χ3v) is 6.16. The van der Waals surface area contributed by atoms with E-state index in [9.17, 15) is 4.79 Å². The van der Waals surface area contributed by atoms with Crippen molar-refractivity contribution >= 4 is 11.8 Å². The summed E-state index contributed by atoms with van der Waals surface area (Å²) in [5.41, 5.74) is 1.16. The van der Waals surface area contributed by atoms with Crippen molar-refractivity contribution in [1.82, 2.24) is 19.2 Å². The molecule has 0 atom stereocenters. The molecule has 1 saturated heterocycles. The number of benzene rings is 1. The van der Waals surface area contributed by atoms with E-state index in [1.54, 1.807) is 4.68 Å². The predicted octanol–water partition coefficient (Wildman–Crippen LogP) is 1.85.